The fourth-order valence-electron chi connectivity index (χ4n) is 3.08. The van der Waals surface area contributed by atoms with E-state index in [1.165, 1.54) is 29.0 Å². The zero-order valence-electron chi connectivity index (χ0n) is 12.8. The van der Waals surface area contributed by atoms with Gasteiger partial charge in [0.2, 0.25) is 15.9 Å². The molecule has 5 nitrogen and oxygen atoms in total. The highest BCUT2D eigenvalue weighted by Gasteiger charge is 2.29. The molecule has 1 aliphatic heterocycles. The van der Waals surface area contributed by atoms with Crippen molar-refractivity contribution in [2.45, 2.75) is 44.9 Å². The van der Waals surface area contributed by atoms with Crippen molar-refractivity contribution in [2.75, 3.05) is 25.9 Å². The first kappa shape index (κ1) is 16.5. The summed E-state index contributed by atoms with van der Waals surface area (Å²) in [5.41, 5.74) is 1.45. The van der Waals surface area contributed by atoms with Crippen LogP contribution >= 0.6 is 0 Å². The molecule has 6 heteroatoms. The van der Waals surface area contributed by atoms with Gasteiger partial charge in [-0.05, 0) is 44.9 Å². The van der Waals surface area contributed by atoms with E-state index >= 15 is 0 Å². The molecule has 0 bridgehead atoms. The van der Waals surface area contributed by atoms with Crippen LogP contribution in [-0.2, 0) is 14.8 Å². The maximum Gasteiger partial charge on any atom is 0.224 e. The van der Waals surface area contributed by atoms with E-state index in [9.17, 15) is 13.2 Å². The molecule has 1 N–H and O–H groups in total. The fraction of sp³-hybridized carbons (Fsp3) is 0.800. The maximum atomic E-state index is 12.2. The zero-order chi connectivity index (χ0) is 15.3. The second-order valence-corrected chi connectivity index (χ2v) is 8.09. The summed E-state index contributed by atoms with van der Waals surface area (Å²) < 4.78 is 24.5. The molecule has 0 aromatic carbocycles. The number of hydrogen-bond acceptors (Lipinski definition) is 3. The van der Waals surface area contributed by atoms with Gasteiger partial charge in [-0.2, -0.15) is 0 Å². The topological polar surface area (TPSA) is 66.5 Å². The van der Waals surface area contributed by atoms with Crippen LogP contribution in [0.4, 0.5) is 0 Å². The van der Waals surface area contributed by atoms with E-state index in [4.69, 9.17) is 0 Å². The van der Waals surface area contributed by atoms with Crippen molar-refractivity contribution in [3.8, 4) is 0 Å². The number of carbonyl (C=O) groups excluding carboxylic acids is 1. The van der Waals surface area contributed by atoms with E-state index < -0.39 is 10.0 Å². The average Bonchev–Trinajstić information content (AvgIpc) is 2.47. The predicted molar refractivity (Wildman–Crippen MR) is 83.3 cm³/mol. The van der Waals surface area contributed by atoms with Gasteiger partial charge in [-0.1, -0.05) is 11.6 Å². The monoisotopic (exact) mass is 314 g/mol. The summed E-state index contributed by atoms with van der Waals surface area (Å²) in [5.74, 6) is -0.200. The Balaban J connectivity index is 1.76. The van der Waals surface area contributed by atoms with Gasteiger partial charge in [-0.3, -0.25) is 4.79 Å². The Bertz CT molecular complexity index is 499. The quantitative estimate of drug-likeness (QED) is 0.785. The lowest BCUT2D eigenvalue weighted by Crippen LogP contribution is -2.45. The van der Waals surface area contributed by atoms with E-state index in [1.807, 2.05) is 0 Å². The first-order valence-corrected chi connectivity index (χ1v) is 9.72. The van der Waals surface area contributed by atoms with Crippen LogP contribution in [0.5, 0.6) is 0 Å². The molecule has 0 spiro atoms. The SMILES string of the molecule is CS(=O)(=O)N1CCCC(C(=O)NCCC2=CCCCC2)C1. The van der Waals surface area contributed by atoms with Gasteiger partial charge in [-0.15, -0.1) is 0 Å². The van der Waals surface area contributed by atoms with Crippen LogP contribution in [0.3, 0.4) is 0 Å². The molecule has 1 unspecified atom stereocenters. The highest BCUT2D eigenvalue weighted by atomic mass is 32.2. The molecule has 1 aliphatic carbocycles. The summed E-state index contributed by atoms with van der Waals surface area (Å²) in [7, 11) is -3.19. The van der Waals surface area contributed by atoms with Crippen molar-refractivity contribution < 1.29 is 13.2 Å². The van der Waals surface area contributed by atoms with Crippen LogP contribution in [0.15, 0.2) is 11.6 Å². The Hall–Kier alpha value is -0.880. The molecular weight excluding hydrogens is 288 g/mol. The lowest BCUT2D eigenvalue weighted by atomic mass is 9.96. The average molecular weight is 314 g/mol. The highest BCUT2D eigenvalue weighted by molar-refractivity contribution is 7.88. The number of rotatable bonds is 5. The largest absolute Gasteiger partial charge is 0.356 e. The van der Waals surface area contributed by atoms with Crippen LogP contribution in [0, 0.1) is 5.92 Å². The summed E-state index contributed by atoms with van der Waals surface area (Å²) in [5, 5.41) is 2.97. The third-order valence-corrected chi connectivity index (χ3v) is 5.62. The molecule has 1 fully saturated rings. The minimum Gasteiger partial charge on any atom is -0.356 e. The summed E-state index contributed by atoms with van der Waals surface area (Å²) >= 11 is 0. The Morgan fingerprint density at radius 2 is 2.19 bits per heavy atom. The lowest BCUT2D eigenvalue weighted by molar-refractivity contribution is -0.126. The number of sulfonamides is 1. The van der Waals surface area contributed by atoms with Crippen LogP contribution in [0.2, 0.25) is 0 Å². The highest BCUT2D eigenvalue weighted by Crippen LogP contribution is 2.20. The van der Waals surface area contributed by atoms with E-state index in [0.29, 0.717) is 19.6 Å². The third-order valence-electron chi connectivity index (χ3n) is 4.35. The zero-order valence-corrected chi connectivity index (χ0v) is 13.6. The number of amides is 1. The molecule has 0 aromatic heterocycles. The second kappa shape index (κ2) is 7.40. The molecule has 0 radical (unpaired) electrons. The van der Waals surface area contributed by atoms with Gasteiger partial charge in [0.1, 0.15) is 0 Å². The van der Waals surface area contributed by atoms with Crippen molar-refractivity contribution in [2.24, 2.45) is 5.92 Å². The smallest absolute Gasteiger partial charge is 0.224 e. The Labute approximate surface area is 127 Å². The molecule has 1 saturated heterocycles. The third kappa shape index (κ3) is 5.11. The number of nitrogens with one attached hydrogen (secondary N) is 1. The maximum absolute atomic E-state index is 12.2. The van der Waals surface area contributed by atoms with Crippen LogP contribution in [-0.4, -0.2) is 44.5 Å². The van der Waals surface area contributed by atoms with Gasteiger partial charge in [0, 0.05) is 19.6 Å². The molecule has 1 heterocycles. The minimum absolute atomic E-state index is 0.000223. The molecule has 0 aromatic rings. The van der Waals surface area contributed by atoms with Gasteiger partial charge in [0.15, 0.2) is 0 Å². The second-order valence-electron chi connectivity index (χ2n) is 6.11. The van der Waals surface area contributed by atoms with E-state index in [2.05, 4.69) is 11.4 Å². The summed E-state index contributed by atoms with van der Waals surface area (Å²) in [6.45, 7) is 1.53. The number of carbonyl (C=O) groups is 1. The molecule has 2 rings (SSSR count). The molecule has 0 saturated carbocycles. The Morgan fingerprint density at radius 1 is 1.38 bits per heavy atom. The van der Waals surface area contributed by atoms with E-state index in [-0.39, 0.29) is 11.8 Å². The summed E-state index contributed by atoms with van der Waals surface area (Å²) in [6.07, 6.45) is 10.8. The van der Waals surface area contributed by atoms with Crippen LogP contribution < -0.4 is 5.32 Å². The number of allylic oxidation sites excluding steroid dienone is 1. The van der Waals surface area contributed by atoms with E-state index in [0.717, 1.165) is 32.1 Å². The molecule has 1 amide bonds. The predicted octanol–water partition coefficient (Wildman–Crippen LogP) is 1.66. The Morgan fingerprint density at radius 3 is 2.86 bits per heavy atom. The summed E-state index contributed by atoms with van der Waals surface area (Å²) in [4.78, 5) is 12.2. The van der Waals surface area contributed by atoms with Gasteiger partial charge < -0.3 is 5.32 Å². The normalized spacial score (nSPS) is 24.4. The van der Waals surface area contributed by atoms with E-state index in [1.54, 1.807) is 0 Å². The van der Waals surface area contributed by atoms with Crippen molar-refractivity contribution in [1.82, 2.24) is 9.62 Å². The first-order chi connectivity index (χ1) is 9.97. The minimum atomic E-state index is -3.19. The molecule has 120 valence electrons. The fourth-order valence-corrected chi connectivity index (χ4v) is 3.99. The van der Waals surface area contributed by atoms with Gasteiger partial charge in [-0.25, -0.2) is 12.7 Å². The van der Waals surface area contributed by atoms with Gasteiger partial charge in [0.05, 0.1) is 12.2 Å². The first-order valence-electron chi connectivity index (χ1n) is 7.87. The number of nitrogens with zero attached hydrogens (tertiary/aromatic N) is 1. The number of hydrogen-bond donors (Lipinski definition) is 1. The molecular formula is C15H26N2O3S. The molecule has 2 aliphatic rings. The lowest BCUT2D eigenvalue weighted by Gasteiger charge is -2.30. The summed E-state index contributed by atoms with van der Waals surface area (Å²) in [6, 6.07) is 0. The molecule has 21 heavy (non-hydrogen) atoms. The molecule has 1 atom stereocenters. The van der Waals surface area contributed by atoms with Gasteiger partial charge in [0.25, 0.3) is 0 Å². The van der Waals surface area contributed by atoms with Crippen LogP contribution in [0.25, 0.3) is 0 Å². The van der Waals surface area contributed by atoms with Crippen molar-refractivity contribution in [3.05, 3.63) is 11.6 Å². The van der Waals surface area contributed by atoms with Crippen molar-refractivity contribution in [3.63, 3.8) is 0 Å². The standard InChI is InChI=1S/C15H26N2O3S/c1-21(19,20)17-11-5-8-14(12-17)15(18)16-10-9-13-6-3-2-4-7-13/h6,14H,2-5,7-12H2,1H3,(H,16,18). The Kier molecular flexibility index (Phi) is 5.81. The number of piperidine rings is 1. The van der Waals surface area contributed by atoms with Gasteiger partial charge >= 0.3 is 0 Å². The van der Waals surface area contributed by atoms with Crippen molar-refractivity contribution in [1.29, 1.82) is 0 Å². The van der Waals surface area contributed by atoms with Crippen molar-refractivity contribution >= 4 is 15.9 Å². The van der Waals surface area contributed by atoms with Crippen LogP contribution in [0.1, 0.15) is 44.9 Å².